The number of aryl methyl sites for hydroxylation is 1. The van der Waals surface area contributed by atoms with Crippen LogP contribution in [-0.4, -0.2) is 24.9 Å². The van der Waals surface area contributed by atoms with E-state index < -0.39 is 23.2 Å². The predicted octanol–water partition coefficient (Wildman–Crippen LogP) is 3.69. The highest BCUT2D eigenvalue weighted by molar-refractivity contribution is 6.15. The molecule has 6 heteroatoms. The summed E-state index contributed by atoms with van der Waals surface area (Å²) < 4.78 is 4.73. The Morgan fingerprint density at radius 3 is 2.04 bits per heavy atom. The SMILES string of the molecule is COC(=O)c1ccccc1NC(=O)C(C)(C)C(=O)Nc1cccc(C)c1C. The number of hydrogen-bond donors (Lipinski definition) is 2. The number of benzene rings is 2. The molecule has 2 aromatic carbocycles. The minimum Gasteiger partial charge on any atom is -0.465 e. The lowest BCUT2D eigenvalue weighted by molar-refractivity contribution is -0.135. The van der Waals surface area contributed by atoms with E-state index >= 15 is 0 Å². The summed E-state index contributed by atoms with van der Waals surface area (Å²) in [6.07, 6.45) is 0. The van der Waals surface area contributed by atoms with Crippen LogP contribution in [0.2, 0.25) is 0 Å². The van der Waals surface area contributed by atoms with E-state index in [1.807, 2.05) is 26.0 Å². The molecule has 0 atom stereocenters. The Morgan fingerprint density at radius 2 is 1.41 bits per heavy atom. The molecule has 27 heavy (non-hydrogen) atoms. The van der Waals surface area contributed by atoms with Crippen molar-refractivity contribution in [2.45, 2.75) is 27.7 Å². The smallest absolute Gasteiger partial charge is 0.339 e. The molecule has 6 nitrogen and oxygen atoms in total. The molecule has 0 heterocycles. The second-order valence-electron chi connectivity index (χ2n) is 6.82. The van der Waals surface area contributed by atoms with E-state index in [-0.39, 0.29) is 5.56 Å². The third-order valence-corrected chi connectivity index (χ3v) is 4.57. The van der Waals surface area contributed by atoms with Gasteiger partial charge in [-0.25, -0.2) is 4.79 Å². The number of methoxy groups -OCH3 is 1. The molecule has 2 N–H and O–H groups in total. The van der Waals surface area contributed by atoms with Crippen molar-refractivity contribution < 1.29 is 19.1 Å². The van der Waals surface area contributed by atoms with Gasteiger partial charge in [0.05, 0.1) is 18.4 Å². The fraction of sp³-hybridized carbons (Fsp3) is 0.286. The van der Waals surface area contributed by atoms with Crippen LogP contribution in [0.5, 0.6) is 0 Å². The lowest BCUT2D eigenvalue weighted by atomic mass is 9.90. The molecular weight excluding hydrogens is 344 g/mol. The van der Waals surface area contributed by atoms with Gasteiger partial charge in [0.1, 0.15) is 5.41 Å². The molecule has 0 bridgehead atoms. The summed E-state index contributed by atoms with van der Waals surface area (Å²) in [4.78, 5) is 37.4. The number of nitrogens with one attached hydrogen (secondary N) is 2. The van der Waals surface area contributed by atoms with E-state index in [1.54, 1.807) is 30.3 Å². The van der Waals surface area contributed by atoms with Crippen molar-refractivity contribution in [3.8, 4) is 0 Å². The summed E-state index contributed by atoms with van der Waals surface area (Å²) >= 11 is 0. The van der Waals surface area contributed by atoms with E-state index in [4.69, 9.17) is 4.74 Å². The number of carbonyl (C=O) groups excluding carboxylic acids is 3. The van der Waals surface area contributed by atoms with E-state index in [0.717, 1.165) is 11.1 Å². The number of rotatable bonds is 5. The fourth-order valence-corrected chi connectivity index (χ4v) is 2.43. The minimum absolute atomic E-state index is 0.221. The molecule has 0 fully saturated rings. The molecular formula is C21H24N2O4. The van der Waals surface area contributed by atoms with Gasteiger partial charge in [-0.2, -0.15) is 0 Å². The van der Waals surface area contributed by atoms with Gasteiger partial charge in [0.15, 0.2) is 0 Å². The molecule has 0 aliphatic carbocycles. The van der Waals surface area contributed by atoms with Gasteiger partial charge in [-0.15, -0.1) is 0 Å². The molecule has 2 amide bonds. The summed E-state index contributed by atoms with van der Waals surface area (Å²) in [5, 5.41) is 5.47. The van der Waals surface area contributed by atoms with Crippen LogP contribution in [0.1, 0.15) is 35.3 Å². The first-order chi connectivity index (χ1) is 12.7. The van der Waals surface area contributed by atoms with Crippen molar-refractivity contribution in [3.05, 3.63) is 59.2 Å². The zero-order valence-electron chi connectivity index (χ0n) is 16.2. The molecule has 0 radical (unpaired) electrons. The Kier molecular flexibility index (Phi) is 6.00. The number of hydrogen-bond acceptors (Lipinski definition) is 4. The second kappa shape index (κ2) is 8.03. The van der Waals surface area contributed by atoms with Crippen molar-refractivity contribution in [1.82, 2.24) is 0 Å². The predicted molar refractivity (Wildman–Crippen MR) is 105 cm³/mol. The van der Waals surface area contributed by atoms with Crippen molar-refractivity contribution in [2.24, 2.45) is 5.41 Å². The Labute approximate surface area is 158 Å². The minimum atomic E-state index is -1.36. The van der Waals surface area contributed by atoms with Crippen LogP contribution in [0, 0.1) is 19.3 Å². The summed E-state index contributed by atoms with van der Waals surface area (Å²) in [6, 6.07) is 12.1. The molecule has 2 rings (SSSR count). The quantitative estimate of drug-likeness (QED) is 0.623. The molecule has 0 spiro atoms. The molecule has 0 aromatic heterocycles. The van der Waals surface area contributed by atoms with Crippen molar-refractivity contribution in [2.75, 3.05) is 17.7 Å². The Hall–Kier alpha value is -3.15. The molecule has 0 aliphatic rings. The topological polar surface area (TPSA) is 84.5 Å². The third-order valence-electron chi connectivity index (χ3n) is 4.57. The van der Waals surface area contributed by atoms with Gasteiger partial charge in [0, 0.05) is 5.69 Å². The maximum Gasteiger partial charge on any atom is 0.339 e. The summed E-state index contributed by atoms with van der Waals surface area (Å²) in [6.45, 7) is 6.92. The van der Waals surface area contributed by atoms with E-state index in [2.05, 4.69) is 10.6 Å². The Morgan fingerprint density at radius 1 is 0.852 bits per heavy atom. The standard InChI is InChI=1S/C21H24N2O4/c1-13-9-8-12-16(14(13)2)22-19(25)21(3,4)20(26)23-17-11-7-6-10-15(17)18(24)27-5/h6-12H,1-5H3,(H,22,25)(H,23,26). The molecule has 0 saturated carbocycles. The van der Waals surface area contributed by atoms with Gasteiger partial charge < -0.3 is 15.4 Å². The molecule has 0 saturated heterocycles. The zero-order valence-corrected chi connectivity index (χ0v) is 16.2. The summed E-state index contributed by atoms with van der Waals surface area (Å²) in [7, 11) is 1.27. The number of para-hydroxylation sites is 1. The lowest BCUT2D eigenvalue weighted by Gasteiger charge is -2.24. The molecule has 142 valence electrons. The van der Waals surface area contributed by atoms with Crippen molar-refractivity contribution in [1.29, 1.82) is 0 Å². The normalized spacial score (nSPS) is 10.9. The highest BCUT2D eigenvalue weighted by Crippen LogP contribution is 2.25. The van der Waals surface area contributed by atoms with Crippen LogP contribution in [0.15, 0.2) is 42.5 Å². The number of esters is 1. The number of carbonyl (C=O) groups is 3. The van der Waals surface area contributed by atoms with Gasteiger partial charge in [-0.3, -0.25) is 9.59 Å². The van der Waals surface area contributed by atoms with Crippen molar-refractivity contribution in [3.63, 3.8) is 0 Å². The van der Waals surface area contributed by atoms with Gasteiger partial charge in [-0.05, 0) is 57.0 Å². The molecule has 0 unspecified atom stereocenters. The van der Waals surface area contributed by atoms with Crippen LogP contribution < -0.4 is 10.6 Å². The molecule has 2 aromatic rings. The first kappa shape index (κ1) is 20.2. The highest BCUT2D eigenvalue weighted by Gasteiger charge is 2.37. The molecule has 0 aliphatic heterocycles. The monoisotopic (exact) mass is 368 g/mol. The lowest BCUT2D eigenvalue weighted by Crippen LogP contribution is -2.42. The van der Waals surface area contributed by atoms with E-state index in [9.17, 15) is 14.4 Å². The zero-order chi connectivity index (χ0) is 20.2. The van der Waals surface area contributed by atoms with E-state index in [1.165, 1.54) is 21.0 Å². The van der Waals surface area contributed by atoms with Crippen molar-refractivity contribution >= 4 is 29.2 Å². The van der Waals surface area contributed by atoms with E-state index in [0.29, 0.717) is 11.4 Å². The van der Waals surface area contributed by atoms with Gasteiger partial charge in [0.2, 0.25) is 11.8 Å². The van der Waals surface area contributed by atoms with Gasteiger partial charge in [0.25, 0.3) is 0 Å². The average molecular weight is 368 g/mol. The largest absolute Gasteiger partial charge is 0.465 e. The second-order valence-corrected chi connectivity index (χ2v) is 6.82. The maximum atomic E-state index is 12.8. The van der Waals surface area contributed by atoms with Crippen LogP contribution >= 0.6 is 0 Å². The van der Waals surface area contributed by atoms with Gasteiger partial charge in [-0.1, -0.05) is 24.3 Å². The number of anilines is 2. The maximum absolute atomic E-state index is 12.8. The van der Waals surface area contributed by atoms with Crippen LogP contribution in [0.4, 0.5) is 11.4 Å². The summed E-state index contributed by atoms with van der Waals surface area (Å²) in [5.41, 5.74) is 1.80. The first-order valence-corrected chi connectivity index (χ1v) is 8.55. The average Bonchev–Trinajstić information content (AvgIpc) is 2.65. The number of ether oxygens (including phenoxy) is 1. The van der Waals surface area contributed by atoms with Gasteiger partial charge >= 0.3 is 5.97 Å². The van der Waals surface area contributed by atoms with Crippen LogP contribution in [-0.2, 0) is 14.3 Å². The first-order valence-electron chi connectivity index (χ1n) is 8.55. The highest BCUT2D eigenvalue weighted by atomic mass is 16.5. The Balaban J connectivity index is 2.21. The Bertz CT molecular complexity index is 888. The number of amides is 2. The summed E-state index contributed by atoms with van der Waals surface area (Å²) in [5.74, 6) is -1.53. The van der Waals surface area contributed by atoms with Crippen LogP contribution in [0.3, 0.4) is 0 Å². The third kappa shape index (κ3) is 4.34. The fourth-order valence-electron chi connectivity index (χ4n) is 2.43. The van der Waals surface area contributed by atoms with Crippen LogP contribution in [0.25, 0.3) is 0 Å².